The molecule has 2 aliphatic heterocycles. The Balaban J connectivity index is 1.55. The smallest absolute Gasteiger partial charge is 0.227 e. The number of sulfone groups is 1. The van der Waals surface area contributed by atoms with E-state index in [0.717, 1.165) is 62.9 Å². The lowest BCUT2D eigenvalue weighted by Gasteiger charge is -2.35. The summed E-state index contributed by atoms with van der Waals surface area (Å²) in [5.74, 6) is 0.645. The third-order valence-corrected chi connectivity index (χ3v) is 7.69. The largest absolute Gasteiger partial charge is 0.376 e. The number of benzene rings is 1. The summed E-state index contributed by atoms with van der Waals surface area (Å²) in [4.78, 5) is 27.1. The molecule has 2 fully saturated rings. The lowest BCUT2D eigenvalue weighted by Crippen LogP contribution is -2.47. The molecule has 180 valence electrons. The molecule has 0 bridgehead atoms. The molecule has 2 unspecified atom stereocenters. The zero-order valence-electron chi connectivity index (χ0n) is 19.8. The second-order valence-corrected chi connectivity index (χ2v) is 11.3. The minimum atomic E-state index is -3.32. The van der Waals surface area contributed by atoms with E-state index in [-0.39, 0.29) is 22.8 Å². The summed E-state index contributed by atoms with van der Waals surface area (Å²) in [6.07, 6.45) is 6.09. The molecule has 4 rings (SSSR count). The first kappa shape index (κ1) is 23.9. The van der Waals surface area contributed by atoms with Crippen LogP contribution in [0.15, 0.2) is 23.1 Å². The van der Waals surface area contributed by atoms with Gasteiger partial charge in [-0.25, -0.2) is 18.4 Å². The molecule has 3 heterocycles. The number of carbonyl (C=O) groups excluding carboxylic acids is 1. The zero-order valence-corrected chi connectivity index (χ0v) is 20.6. The number of piperidine rings is 1. The average molecular weight is 475 g/mol. The SMILES string of the molecule is CCCN(CC1CCCO1)C(=O)C1CCCN(c2nc(C)c3ccc(S(C)(=O)=O)cc3n2)C1. The molecule has 9 heteroatoms. The molecule has 2 aromatic rings. The van der Waals surface area contributed by atoms with Gasteiger partial charge in [0.15, 0.2) is 9.84 Å². The Morgan fingerprint density at radius 3 is 2.76 bits per heavy atom. The van der Waals surface area contributed by atoms with Gasteiger partial charge in [0, 0.05) is 44.4 Å². The van der Waals surface area contributed by atoms with Gasteiger partial charge in [-0.15, -0.1) is 0 Å². The number of anilines is 1. The van der Waals surface area contributed by atoms with Crippen LogP contribution in [0.2, 0.25) is 0 Å². The second-order valence-electron chi connectivity index (χ2n) is 9.26. The lowest BCUT2D eigenvalue weighted by molar-refractivity contribution is -0.137. The van der Waals surface area contributed by atoms with Gasteiger partial charge < -0.3 is 14.5 Å². The molecule has 2 atom stereocenters. The Kier molecular flexibility index (Phi) is 7.19. The van der Waals surface area contributed by atoms with Gasteiger partial charge in [-0.1, -0.05) is 6.92 Å². The average Bonchev–Trinajstić information content (AvgIpc) is 3.30. The van der Waals surface area contributed by atoms with E-state index in [2.05, 4.69) is 11.8 Å². The number of rotatable bonds is 7. The molecule has 0 aliphatic carbocycles. The van der Waals surface area contributed by atoms with Gasteiger partial charge in [0.1, 0.15) is 0 Å². The first-order valence-electron chi connectivity index (χ1n) is 11.9. The molecule has 2 saturated heterocycles. The van der Waals surface area contributed by atoms with E-state index in [9.17, 15) is 13.2 Å². The summed E-state index contributed by atoms with van der Waals surface area (Å²) in [6.45, 7) is 7.55. The van der Waals surface area contributed by atoms with E-state index in [1.165, 1.54) is 6.26 Å². The van der Waals surface area contributed by atoms with Crippen molar-refractivity contribution in [3.05, 3.63) is 23.9 Å². The third kappa shape index (κ3) is 5.46. The molecular weight excluding hydrogens is 440 g/mol. The molecule has 0 spiro atoms. The van der Waals surface area contributed by atoms with E-state index in [4.69, 9.17) is 14.7 Å². The maximum Gasteiger partial charge on any atom is 0.227 e. The predicted molar refractivity (Wildman–Crippen MR) is 128 cm³/mol. The highest BCUT2D eigenvalue weighted by Gasteiger charge is 2.32. The van der Waals surface area contributed by atoms with Gasteiger partial charge in [-0.05, 0) is 57.2 Å². The fourth-order valence-electron chi connectivity index (χ4n) is 4.84. The summed E-state index contributed by atoms with van der Waals surface area (Å²) in [7, 11) is -3.32. The van der Waals surface area contributed by atoms with Gasteiger partial charge in [0.25, 0.3) is 0 Å². The molecule has 8 nitrogen and oxygen atoms in total. The van der Waals surface area contributed by atoms with Crippen molar-refractivity contribution in [2.24, 2.45) is 5.92 Å². The number of aryl methyl sites for hydroxylation is 1. The number of fused-ring (bicyclic) bond motifs is 1. The van der Waals surface area contributed by atoms with Crippen molar-refractivity contribution in [1.82, 2.24) is 14.9 Å². The standard InChI is InChI=1S/C24H34N4O4S/c1-4-11-27(16-19-8-6-13-32-19)23(29)18-7-5-12-28(15-18)24-25-17(2)21-10-9-20(33(3,30)31)14-22(21)26-24/h9-10,14,18-19H,4-8,11-13,15-16H2,1-3H3. The highest BCUT2D eigenvalue weighted by Crippen LogP contribution is 2.27. The van der Waals surface area contributed by atoms with Crippen molar-refractivity contribution in [2.75, 3.05) is 43.9 Å². The van der Waals surface area contributed by atoms with Crippen LogP contribution in [-0.2, 0) is 19.4 Å². The maximum absolute atomic E-state index is 13.4. The summed E-state index contributed by atoms with van der Waals surface area (Å²) in [5, 5.41) is 0.835. The first-order chi connectivity index (χ1) is 15.8. The van der Waals surface area contributed by atoms with Crippen molar-refractivity contribution in [2.45, 2.75) is 57.0 Å². The molecule has 0 radical (unpaired) electrons. The molecule has 1 amide bonds. The monoisotopic (exact) mass is 474 g/mol. The molecule has 33 heavy (non-hydrogen) atoms. The Hall–Kier alpha value is -2.26. The Morgan fingerprint density at radius 2 is 2.06 bits per heavy atom. The number of amides is 1. The van der Waals surface area contributed by atoms with Crippen LogP contribution in [0, 0.1) is 12.8 Å². The van der Waals surface area contributed by atoms with Gasteiger partial charge in [-0.3, -0.25) is 4.79 Å². The highest BCUT2D eigenvalue weighted by molar-refractivity contribution is 7.90. The molecular formula is C24H34N4O4S. The van der Waals surface area contributed by atoms with E-state index < -0.39 is 9.84 Å². The van der Waals surface area contributed by atoms with Gasteiger partial charge in [-0.2, -0.15) is 0 Å². The highest BCUT2D eigenvalue weighted by atomic mass is 32.2. The fraction of sp³-hybridized carbons (Fsp3) is 0.625. The van der Waals surface area contributed by atoms with Crippen LogP contribution in [0.5, 0.6) is 0 Å². The van der Waals surface area contributed by atoms with E-state index >= 15 is 0 Å². The quantitative estimate of drug-likeness (QED) is 0.609. The van der Waals surface area contributed by atoms with Gasteiger partial charge in [0.2, 0.25) is 11.9 Å². The van der Waals surface area contributed by atoms with Crippen molar-refractivity contribution in [3.8, 4) is 0 Å². The summed E-state index contributed by atoms with van der Waals surface area (Å²) >= 11 is 0. The maximum atomic E-state index is 13.4. The van der Waals surface area contributed by atoms with Crippen LogP contribution >= 0.6 is 0 Å². The fourth-order valence-corrected chi connectivity index (χ4v) is 5.48. The van der Waals surface area contributed by atoms with Crippen molar-refractivity contribution in [3.63, 3.8) is 0 Å². The van der Waals surface area contributed by atoms with Crippen LogP contribution in [0.1, 0.15) is 44.7 Å². The molecule has 0 N–H and O–H groups in total. The first-order valence-corrected chi connectivity index (χ1v) is 13.8. The van der Waals surface area contributed by atoms with E-state index in [1.54, 1.807) is 18.2 Å². The summed E-state index contributed by atoms with van der Waals surface area (Å²) in [6, 6.07) is 4.97. The molecule has 0 saturated carbocycles. The topological polar surface area (TPSA) is 92.7 Å². The number of aromatic nitrogens is 2. The van der Waals surface area contributed by atoms with Crippen LogP contribution in [0.25, 0.3) is 10.9 Å². The number of hydrogen-bond acceptors (Lipinski definition) is 7. The number of carbonyl (C=O) groups is 1. The Bertz CT molecular complexity index is 1110. The number of hydrogen-bond donors (Lipinski definition) is 0. The van der Waals surface area contributed by atoms with Crippen LogP contribution in [0.4, 0.5) is 5.95 Å². The summed E-state index contributed by atoms with van der Waals surface area (Å²) < 4.78 is 29.8. The van der Waals surface area contributed by atoms with Crippen molar-refractivity contribution < 1.29 is 17.9 Å². The number of nitrogens with zero attached hydrogens (tertiary/aromatic N) is 4. The molecule has 2 aliphatic rings. The van der Waals surface area contributed by atoms with Gasteiger partial charge in [0.05, 0.1) is 28.1 Å². The predicted octanol–water partition coefficient (Wildman–Crippen LogP) is 2.98. The minimum Gasteiger partial charge on any atom is -0.376 e. The van der Waals surface area contributed by atoms with Crippen LogP contribution in [-0.4, -0.2) is 74.3 Å². The normalized spacial score (nSPS) is 21.5. The molecule has 1 aromatic heterocycles. The Morgan fingerprint density at radius 1 is 1.24 bits per heavy atom. The van der Waals surface area contributed by atoms with Crippen LogP contribution in [0.3, 0.4) is 0 Å². The molecule has 1 aromatic carbocycles. The van der Waals surface area contributed by atoms with E-state index in [0.29, 0.717) is 24.6 Å². The summed E-state index contributed by atoms with van der Waals surface area (Å²) in [5.41, 5.74) is 1.41. The Labute approximate surface area is 196 Å². The van der Waals surface area contributed by atoms with Crippen molar-refractivity contribution in [1.29, 1.82) is 0 Å². The van der Waals surface area contributed by atoms with Crippen molar-refractivity contribution >= 4 is 32.6 Å². The van der Waals surface area contributed by atoms with Gasteiger partial charge >= 0.3 is 0 Å². The number of ether oxygens (including phenoxy) is 1. The minimum absolute atomic E-state index is 0.103. The van der Waals surface area contributed by atoms with Crippen LogP contribution < -0.4 is 4.90 Å². The second kappa shape index (κ2) is 9.93. The third-order valence-electron chi connectivity index (χ3n) is 6.58. The lowest BCUT2D eigenvalue weighted by atomic mass is 9.96. The zero-order chi connectivity index (χ0) is 23.6. The van der Waals surface area contributed by atoms with E-state index in [1.807, 2.05) is 11.8 Å².